The minimum absolute atomic E-state index is 0.00415. The Balaban J connectivity index is 2.60. The number of aliphatic carboxylic acids is 1. The van der Waals surface area contributed by atoms with Gasteiger partial charge < -0.3 is 5.11 Å². The van der Waals surface area contributed by atoms with E-state index in [1.165, 1.54) is 30.3 Å². The third-order valence-corrected chi connectivity index (χ3v) is 5.71. The summed E-state index contributed by atoms with van der Waals surface area (Å²) >= 11 is 15.1. The van der Waals surface area contributed by atoms with Gasteiger partial charge >= 0.3 is 5.97 Å². The van der Waals surface area contributed by atoms with Gasteiger partial charge in [-0.15, -0.1) is 0 Å². The summed E-state index contributed by atoms with van der Waals surface area (Å²) in [6.45, 7) is -0.779. The van der Waals surface area contributed by atoms with Crippen molar-refractivity contribution in [2.24, 2.45) is 0 Å². The molecule has 0 saturated carbocycles. The lowest BCUT2D eigenvalue weighted by atomic mass is 10.3. The highest BCUT2D eigenvalue weighted by Gasteiger charge is 2.28. The Kier molecular flexibility index (Phi) is 5.57. The molecule has 2 aromatic rings. The second kappa shape index (κ2) is 7.09. The first-order valence-corrected chi connectivity index (χ1v) is 9.16. The molecule has 0 bridgehead atoms. The fraction of sp³-hybridized carbons (Fsp3) is 0.0714. The number of rotatable bonds is 5. The van der Waals surface area contributed by atoms with Crippen molar-refractivity contribution in [3.8, 4) is 0 Å². The fourth-order valence-corrected chi connectivity index (χ4v) is 3.96. The normalized spacial score (nSPS) is 11.3. The molecule has 0 heterocycles. The molecule has 9 heteroatoms. The van der Waals surface area contributed by atoms with Crippen molar-refractivity contribution < 1.29 is 18.3 Å². The molecule has 1 N–H and O–H groups in total. The first kappa shape index (κ1) is 18.1. The Morgan fingerprint density at radius 1 is 1.13 bits per heavy atom. The van der Waals surface area contributed by atoms with Gasteiger partial charge in [0, 0.05) is 9.50 Å². The molecule has 0 radical (unpaired) electrons. The number of carbonyl (C=O) groups is 1. The number of carboxylic acids is 1. The van der Waals surface area contributed by atoms with Gasteiger partial charge in [0.1, 0.15) is 6.54 Å². The van der Waals surface area contributed by atoms with Crippen molar-refractivity contribution in [1.82, 2.24) is 0 Å². The monoisotopic (exact) mass is 437 g/mol. The van der Waals surface area contributed by atoms with Crippen LogP contribution in [0.5, 0.6) is 0 Å². The molecular weight excluding hydrogens is 429 g/mol. The first-order valence-electron chi connectivity index (χ1n) is 6.17. The van der Waals surface area contributed by atoms with Crippen LogP contribution in [0.4, 0.5) is 5.69 Å². The second-order valence-electron chi connectivity index (χ2n) is 4.46. The van der Waals surface area contributed by atoms with Crippen LogP contribution in [0.2, 0.25) is 10.0 Å². The van der Waals surface area contributed by atoms with Gasteiger partial charge in [0.25, 0.3) is 10.0 Å². The van der Waals surface area contributed by atoms with Gasteiger partial charge in [0.2, 0.25) is 0 Å². The SMILES string of the molecule is O=C(O)CN(c1cc(Cl)ccc1Cl)S(=O)(=O)c1ccc(Br)cc1. The maximum Gasteiger partial charge on any atom is 0.324 e. The molecule has 0 aromatic heterocycles. The third kappa shape index (κ3) is 4.17. The van der Waals surface area contributed by atoms with Crippen LogP contribution in [0.3, 0.4) is 0 Å². The van der Waals surface area contributed by atoms with Crippen LogP contribution in [0.25, 0.3) is 0 Å². The summed E-state index contributed by atoms with van der Waals surface area (Å²) in [6.07, 6.45) is 0. The van der Waals surface area contributed by atoms with E-state index in [-0.39, 0.29) is 20.6 Å². The van der Waals surface area contributed by atoms with Gasteiger partial charge in [0.15, 0.2) is 0 Å². The van der Waals surface area contributed by atoms with Crippen molar-refractivity contribution in [2.45, 2.75) is 4.90 Å². The molecule has 0 atom stereocenters. The first-order chi connectivity index (χ1) is 10.7. The number of sulfonamides is 1. The number of nitrogens with zero attached hydrogens (tertiary/aromatic N) is 1. The lowest BCUT2D eigenvalue weighted by Crippen LogP contribution is -2.36. The summed E-state index contributed by atoms with van der Waals surface area (Å²) in [5, 5.41) is 9.39. The Labute approximate surface area is 151 Å². The van der Waals surface area contributed by atoms with E-state index >= 15 is 0 Å². The molecule has 0 fully saturated rings. The topological polar surface area (TPSA) is 74.7 Å². The highest BCUT2D eigenvalue weighted by atomic mass is 79.9. The van der Waals surface area contributed by atoms with E-state index in [4.69, 9.17) is 28.3 Å². The van der Waals surface area contributed by atoms with Crippen LogP contribution in [0.1, 0.15) is 0 Å². The van der Waals surface area contributed by atoms with E-state index in [0.29, 0.717) is 8.78 Å². The van der Waals surface area contributed by atoms with Gasteiger partial charge in [-0.3, -0.25) is 9.10 Å². The molecular formula is C14H10BrCl2NO4S. The number of hydrogen-bond acceptors (Lipinski definition) is 3. The summed E-state index contributed by atoms with van der Waals surface area (Å²) in [7, 11) is -4.12. The van der Waals surface area contributed by atoms with Crippen molar-refractivity contribution in [2.75, 3.05) is 10.8 Å². The van der Waals surface area contributed by atoms with Crippen LogP contribution in [0.15, 0.2) is 51.8 Å². The van der Waals surface area contributed by atoms with E-state index in [0.717, 1.165) is 0 Å². The van der Waals surface area contributed by atoms with E-state index < -0.39 is 22.5 Å². The Morgan fingerprint density at radius 2 is 1.74 bits per heavy atom. The van der Waals surface area contributed by atoms with Crippen LogP contribution in [0, 0.1) is 0 Å². The fourth-order valence-electron chi connectivity index (χ4n) is 1.83. The van der Waals surface area contributed by atoms with Crippen LogP contribution < -0.4 is 4.31 Å². The van der Waals surface area contributed by atoms with Gasteiger partial charge in [0.05, 0.1) is 15.6 Å². The zero-order chi connectivity index (χ0) is 17.2. The van der Waals surface area contributed by atoms with Crippen molar-refractivity contribution in [3.63, 3.8) is 0 Å². The average molecular weight is 439 g/mol. The molecule has 0 spiro atoms. The molecule has 0 unspecified atom stereocenters. The maximum atomic E-state index is 12.8. The second-order valence-corrected chi connectivity index (χ2v) is 8.08. The standard InChI is InChI=1S/C14H10BrCl2NO4S/c15-9-1-4-11(5-2-9)23(21,22)18(8-14(19)20)13-7-10(16)3-6-12(13)17/h1-7H,8H2,(H,19,20). The number of carboxylic acid groups (broad SMARTS) is 1. The highest BCUT2D eigenvalue weighted by Crippen LogP contribution is 2.33. The number of hydrogen-bond donors (Lipinski definition) is 1. The Morgan fingerprint density at radius 3 is 2.30 bits per heavy atom. The Bertz CT molecular complexity index is 840. The van der Waals surface area contributed by atoms with Gasteiger partial charge in [-0.25, -0.2) is 8.42 Å². The van der Waals surface area contributed by atoms with E-state index in [2.05, 4.69) is 15.9 Å². The van der Waals surface area contributed by atoms with Gasteiger partial charge in [-0.05, 0) is 42.5 Å². The predicted octanol–water partition coefficient (Wildman–Crippen LogP) is 4.04. The zero-order valence-electron chi connectivity index (χ0n) is 11.4. The molecule has 0 saturated heterocycles. The average Bonchev–Trinajstić information content (AvgIpc) is 2.47. The Hall–Kier alpha value is -1.28. The largest absolute Gasteiger partial charge is 0.480 e. The number of halogens is 3. The van der Waals surface area contributed by atoms with E-state index in [1.807, 2.05) is 0 Å². The van der Waals surface area contributed by atoms with Gasteiger partial charge in [-0.1, -0.05) is 39.1 Å². The maximum absolute atomic E-state index is 12.8. The molecule has 0 aliphatic carbocycles. The molecule has 0 aliphatic rings. The lowest BCUT2D eigenvalue weighted by molar-refractivity contribution is -0.135. The van der Waals surface area contributed by atoms with Gasteiger partial charge in [-0.2, -0.15) is 0 Å². The minimum atomic E-state index is -4.12. The quantitative estimate of drug-likeness (QED) is 0.764. The van der Waals surface area contributed by atoms with E-state index in [9.17, 15) is 13.2 Å². The molecule has 122 valence electrons. The summed E-state index contributed by atoms with van der Waals surface area (Å²) in [4.78, 5) is 11.1. The number of anilines is 1. The molecule has 2 rings (SSSR count). The third-order valence-electron chi connectivity index (χ3n) is 2.86. The smallest absolute Gasteiger partial charge is 0.324 e. The highest BCUT2D eigenvalue weighted by molar-refractivity contribution is 9.10. The number of benzene rings is 2. The van der Waals surface area contributed by atoms with Crippen molar-refractivity contribution in [1.29, 1.82) is 0 Å². The summed E-state index contributed by atoms with van der Waals surface area (Å²) in [6, 6.07) is 10.0. The molecule has 23 heavy (non-hydrogen) atoms. The molecule has 0 aliphatic heterocycles. The summed E-state index contributed by atoms with van der Waals surface area (Å²) in [5.41, 5.74) is 0.00415. The van der Waals surface area contributed by atoms with Crippen LogP contribution in [-0.4, -0.2) is 26.0 Å². The zero-order valence-corrected chi connectivity index (χ0v) is 15.3. The van der Waals surface area contributed by atoms with Crippen LogP contribution in [-0.2, 0) is 14.8 Å². The van der Waals surface area contributed by atoms with Crippen molar-refractivity contribution >= 4 is 60.8 Å². The van der Waals surface area contributed by atoms with Crippen molar-refractivity contribution in [3.05, 3.63) is 57.0 Å². The summed E-state index contributed by atoms with van der Waals surface area (Å²) in [5.74, 6) is -1.32. The predicted molar refractivity (Wildman–Crippen MR) is 92.8 cm³/mol. The lowest BCUT2D eigenvalue weighted by Gasteiger charge is -2.24. The van der Waals surface area contributed by atoms with E-state index in [1.54, 1.807) is 12.1 Å². The molecule has 2 aromatic carbocycles. The minimum Gasteiger partial charge on any atom is -0.480 e. The van der Waals surface area contributed by atoms with Crippen LogP contribution >= 0.6 is 39.1 Å². The molecule has 5 nitrogen and oxygen atoms in total. The molecule has 0 amide bonds. The summed E-state index contributed by atoms with van der Waals surface area (Å²) < 4.78 is 27.0.